The average Bonchev–Trinajstić information content (AvgIpc) is 3.03. The van der Waals surface area contributed by atoms with E-state index in [0.717, 1.165) is 26.4 Å². The minimum atomic E-state index is -0.251. The monoisotopic (exact) mass is 319 g/mol. The summed E-state index contributed by atoms with van der Waals surface area (Å²) in [5, 5.41) is 1.84. The van der Waals surface area contributed by atoms with Crippen molar-refractivity contribution in [3.63, 3.8) is 0 Å². The van der Waals surface area contributed by atoms with Gasteiger partial charge >= 0.3 is 0 Å². The fourth-order valence-corrected chi connectivity index (χ4v) is 3.47. The number of nitrogen functional groups attached to an aromatic ring is 1. The lowest BCUT2D eigenvalue weighted by atomic mass is 10.2. The zero-order valence-corrected chi connectivity index (χ0v) is 13.0. The summed E-state index contributed by atoms with van der Waals surface area (Å²) in [5.74, 6) is 4.93. The van der Waals surface area contributed by atoms with E-state index in [1.54, 1.807) is 0 Å². The van der Waals surface area contributed by atoms with Gasteiger partial charge in [-0.3, -0.25) is 10.2 Å². The van der Waals surface area contributed by atoms with Gasteiger partial charge in [-0.2, -0.15) is 0 Å². The van der Waals surface area contributed by atoms with Crippen LogP contribution in [0.1, 0.15) is 20.1 Å². The number of nitrogens with two attached hydrogens (primary N) is 1. The molecule has 0 radical (unpaired) electrons. The Hall–Kier alpha value is -1.82. The molecule has 0 saturated heterocycles. The molecule has 1 amide bonds. The Bertz CT molecular complexity index is 822. The first-order valence-corrected chi connectivity index (χ1v) is 7.62. The number of halogens is 1. The number of nitrogens with one attached hydrogen (secondary N) is 1. The predicted octanol–water partition coefficient (Wildman–Crippen LogP) is 3.32. The van der Waals surface area contributed by atoms with Crippen LogP contribution >= 0.6 is 22.9 Å². The summed E-state index contributed by atoms with van der Waals surface area (Å²) in [6.07, 6.45) is 2.03. The molecular weight excluding hydrogens is 306 g/mol. The van der Waals surface area contributed by atoms with Gasteiger partial charge in [0.05, 0.1) is 4.88 Å². The fraction of sp³-hybridized carbons (Fsp3) is 0.133. The molecule has 2 heterocycles. The number of hydrazine groups is 1. The number of hydrogen-bond donors (Lipinski definition) is 2. The summed E-state index contributed by atoms with van der Waals surface area (Å²) < 4.78 is 2.14. The molecule has 21 heavy (non-hydrogen) atoms. The lowest BCUT2D eigenvalue weighted by Gasteiger charge is -2.05. The summed E-state index contributed by atoms with van der Waals surface area (Å²) in [4.78, 5) is 13.3. The second kappa shape index (κ2) is 5.52. The molecule has 108 valence electrons. The highest BCUT2D eigenvalue weighted by molar-refractivity contribution is 7.14. The molecule has 3 aromatic rings. The van der Waals surface area contributed by atoms with Gasteiger partial charge in [-0.15, -0.1) is 11.3 Å². The molecule has 0 saturated carbocycles. The molecule has 0 bridgehead atoms. The highest BCUT2D eigenvalue weighted by Gasteiger charge is 2.12. The summed E-state index contributed by atoms with van der Waals surface area (Å²) in [7, 11) is 0. The maximum Gasteiger partial charge on any atom is 0.275 e. The van der Waals surface area contributed by atoms with Crippen molar-refractivity contribution in [3.8, 4) is 0 Å². The molecule has 4 nitrogen and oxygen atoms in total. The number of aromatic nitrogens is 1. The molecule has 6 heteroatoms. The maximum atomic E-state index is 11.6. The van der Waals surface area contributed by atoms with Crippen LogP contribution in [0.25, 0.3) is 10.9 Å². The van der Waals surface area contributed by atoms with Crippen LogP contribution in [0.4, 0.5) is 0 Å². The largest absolute Gasteiger partial charge is 0.343 e. The van der Waals surface area contributed by atoms with Gasteiger partial charge in [-0.05, 0) is 42.8 Å². The molecule has 0 fully saturated rings. The minimum absolute atomic E-state index is 0.251. The second-order valence-electron chi connectivity index (χ2n) is 4.81. The highest BCUT2D eigenvalue weighted by Crippen LogP contribution is 2.25. The molecule has 0 unspecified atom stereocenters. The van der Waals surface area contributed by atoms with Gasteiger partial charge in [-0.25, -0.2) is 5.84 Å². The summed E-state index contributed by atoms with van der Waals surface area (Å²) >= 11 is 7.45. The number of aryl methyl sites for hydroxylation is 1. The first-order valence-electron chi connectivity index (χ1n) is 6.43. The lowest BCUT2D eigenvalue weighted by Crippen LogP contribution is -2.29. The predicted molar refractivity (Wildman–Crippen MR) is 86.8 cm³/mol. The number of rotatable bonds is 3. The molecule has 0 aliphatic heterocycles. The standard InChI is InChI=1S/C15H14ClN3OS/c1-9-11(7-14(21-9)15(20)18-17)8-19-5-4-10-6-12(16)2-3-13(10)19/h2-7H,8,17H2,1H3,(H,18,20). The van der Waals surface area contributed by atoms with Crippen molar-refractivity contribution in [2.24, 2.45) is 5.84 Å². The third kappa shape index (κ3) is 2.68. The number of carbonyl (C=O) groups excluding carboxylic acids is 1. The normalized spacial score (nSPS) is 11.0. The van der Waals surface area contributed by atoms with Crippen molar-refractivity contribution < 1.29 is 4.79 Å². The molecule has 0 aliphatic rings. The smallest absolute Gasteiger partial charge is 0.275 e. The average molecular weight is 320 g/mol. The molecule has 0 atom stereocenters. The molecule has 2 aromatic heterocycles. The highest BCUT2D eigenvalue weighted by atomic mass is 35.5. The Kier molecular flexibility index (Phi) is 3.71. The molecule has 0 aliphatic carbocycles. The van der Waals surface area contributed by atoms with Crippen molar-refractivity contribution in [2.75, 3.05) is 0 Å². The number of thiophene rings is 1. The number of fused-ring (bicyclic) bond motifs is 1. The minimum Gasteiger partial charge on any atom is -0.343 e. The van der Waals surface area contributed by atoms with Gasteiger partial charge in [0.25, 0.3) is 5.91 Å². The topological polar surface area (TPSA) is 60.1 Å². The van der Waals surface area contributed by atoms with Crippen LogP contribution in [0.5, 0.6) is 0 Å². The van der Waals surface area contributed by atoms with Gasteiger partial charge < -0.3 is 4.57 Å². The van der Waals surface area contributed by atoms with Gasteiger partial charge in [0.1, 0.15) is 0 Å². The van der Waals surface area contributed by atoms with E-state index in [9.17, 15) is 4.79 Å². The third-order valence-electron chi connectivity index (χ3n) is 3.45. The van der Waals surface area contributed by atoms with Gasteiger partial charge in [0.2, 0.25) is 0 Å². The fourth-order valence-electron chi connectivity index (χ4n) is 2.35. The van der Waals surface area contributed by atoms with Crippen LogP contribution < -0.4 is 11.3 Å². The van der Waals surface area contributed by atoms with Crippen molar-refractivity contribution in [1.29, 1.82) is 0 Å². The van der Waals surface area contributed by atoms with E-state index in [-0.39, 0.29) is 5.91 Å². The Morgan fingerprint density at radius 2 is 2.19 bits per heavy atom. The van der Waals surface area contributed by atoms with Gasteiger partial charge in [-0.1, -0.05) is 11.6 Å². The van der Waals surface area contributed by atoms with Crippen molar-refractivity contribution >= 4 is 39.7 Å². The molecule has 1 aromatic carbocycles. The van der Waals surface area contributed by atoms with E-state index in [0.29, 0.717) is 11.4 Å². The van der Waals surface area contributed by atoms with Crippen molar-refractivity contribution in [1.82, 2.24) is 9.99 Å². The van der Waals surface area contributed by atoms with Crippen LogP contribution in [-0.4, -0.2) is 10.5 Å². The molecule has 3 N–H and O–H groups in total. The first-order chi connectivity index (χ1) is 10.1. The Balaban J connectivity index is 1.95. The zero-order chi connectivity index (χ0) is 15.0. The summed E-state index contributed by atoms with van der Waals surface area (Å²) in [6, 6.07) is 9.77. The summed E-state index contributed by atoms with van der Waals surface area (Å²) in [5.41, 5.74) is 4.40. The van der Waals surface area contributed by atoms with Crippen LogP contribution in [0.15, 0.2) is 36.5 Å². The molecule has 0 spiro atoms. The summed E-state index contributed by atoms with van der Waals surface area (Å²) in [6.45, 7) is 2.72. The van der Waals surface area contributed by atoms with Crippen LogP contribution in [0.3, 0.4) is 0 Å². The van der Waals surface area contributed by atoms with Crippen LogP contribution in [0.2, 0.25) is 5.02 Å². The van der Waals surface area contributed by atoms with Crippen molar-refractivity contribution in [3.05, 3.63) is 56.9 Å². The number of amides is 1. The number of nitrogens with zero attached hydrogens (tertiary/aromatic N) is 1. The molecular formula is C15H14ClN3OS. The van der Waals surface area contributed by atoms with E-state index < -0.39 is 0 Å². The second-order valence-corrected chi connectivity index (χ2v) is 6.51. The van der Waals surface area contributed by atoms with E-state index in [1.807, 2.05) is 43.5 Å². The van der Waals surface area contributed by atoms with Gasteiger partial charge in [0, 0.05) is 33.5 Å². The van der Waals surface area contributed by atoms with Crippen LogP contribution in [0, 0.1) is 6.92 Å². The van der Waals surface area contributed by atoms with Gasteiger partial charge in [0.15, 0.2) is 0 Å². The van der Waals surface area contributed by atoms with E-state index in [2.05, 4.69) is 9.99 Å². The van der Waals surface area contributed by atoms with E-state index in [1.165, 1.54) is 11.3 Å². The quantitative estimate of drug-likeness (QED) is 0.442. The Labute approximate surface area is 131 Å². The van der Waals surface area contributed by atoms with E-state index in [4.69, 9.17) is 17.4 Å². The lowest BCUT2D eigenvalue weighted by molar-refractivity contribution is 0.0957. The third-order valence-corrected chi connectivity index (χ3v) is 4.78. The zero-order valence-electron chi connectivity index (χ0n) is 11.4. The maximum absolute atomic E-state index is 11.6. The Morgan fingerprint density at radius 3 is 2.95 bits per heavy atom. The number of hydrogen-bond acceptors (Lipinski definition) is 3. The number of carbonyl (C=O) groups is 1. The SMILES string of the molecule is Cc1sc(C(=O)NN)cc1Cn1ccc2cc(Cl)ccc21. The van der Waals surface area contributed by atoms with Crippen molar-refractivity contribution in [2.45, 2.75) is 13.5 Å². The first kappa shape index (κ1) is 14.1. The Morgan fingerprint density at radius 1 is 1.38 bits per heavy atom. The van der Waals surface area contributed by atoms with Crippen LogP contribution in [-0.2, 0) is 6.54 Å². The van der Waals surface area contributed by atoms with E-state index >= 15 is 0 Å². The molecule has 3 rings (SSSR count). The number of benzene rings is 1.